The standard InChI is InChI=1S/C19H17N3O3/c1-25-16-11-12-20-17(18(16)23)19(24)22-15-9-7-14(8-10-15)21-13-5-3-2-4-6-13/h2-12,21,23H,1H3,(H,22,24). The molecule has 3 N–H and O–H groups in total. The maximum atomic E-state index is 12.3. The van der Waals surface area contributed by atoms with Gasteiger partial charge in [0.1, 0.15) is 0 Å². The number of para-hydroxylation sites is 1. The molecule has 0 atom stereocenters. The van der Waals surface area contributed by atoms with Crippen LogP contribution in [-0.4, -0.2) is 23.1 Å². The van der Waals surface area contributed by atoms with Gasteiger partial charge in [-0.05, 0) is 36.4 Å². The number of nitrogens with one attached hydrogen (secondary N) is 2. The molecule has 0 bridgehead atoms. The van der Waals surface area contributed by atoms with Crippen LogP contribution in [0.15, 0.2) is 66.9 Å². The van der Waals surface area contributed by atoms with E-state index in [9.17, 15) is 9.90 Å². The summed E-state index contributed by atoms with van der Waals surface area (Å²) in [5.41, 5.74) is 2.37. The molecule has 0 saturated heterocycles. The second-order valence-corrected chi connectivity index (χ2v) is 5.23. The number of methoxy groups -OCH3 is 1. The molecule has 1 aromatic heterocycles. The van der Waals surface area contributed by atoms with Gasteiger partial charge in [-0.15, -0.1) is 0 Å². The Hall–Kier alpha value is -3.54. The van der Waals surface area contributed by atoms with E-state index >= 15 is 0 Å². The van der Waals surface area contributed by atoms with Crippen molar-refractivity contribution in [3.05, 3.63) is 72.6 Å². The van der Waals surface area contributed by atoms with Gasteiger partial charge in [-0.3, -0.25) is 4.79 Å². The van der Waals surface area contributed by atoms with E-state index in [2.05, 4.69) is 15.6 Å². The first-order valence-corrected chi connectivity index (χ1v) is 7.63. The van der Waals surface area contributed by atoms with Crippen molar-refractivity contribution < 1.29 is 14.6 Å². The van der Waals surface area contributed by atoms with E-state index < -0.39 is 5.91 Å². The molecule has 1 heterocycles. The second-order valence-electron chi connectivity index (χ2n) is 5.23. The average Bonchev–Trinajstić information content (AvgIpc) is 2.64. The Labute approximate surface area is 145 Å². The molecule has 2 aromatic carbocycles. The van der Waals surface area contributed by atoms with Gasteiger partial charge >= 0.3 is 0 Å². The topological polar surface area (TPSA) is 83.5 Å². The van der Waals surface area contributed by atoms with E-state index in [1.807, 2.05) is 42.5 Å². The van der Waals surface area contributed by atoms with Crippen molar-refractivity contribution in [2.45, 2.75) is 0 Å². The van der Waals surface area contributed by atoms with E-state index in [-0.39, 0.29) is 17.2 Å². The number of ether oxygens (including phenoxy) is 1. The minimum absolute atomic E-state index is 0.0918. The van der Waals surface area contributed by atoms with Crippen LogP contribution in [0.5, 0.6) is 11.5 Å². The number of pyridine rings is 1. The summed E-state index contributed by atoms with van der Waals surface area (Å²) < 4.78 is 4.98. The van der Waals surface area contributed by atoms with Crippen LogP contribution >= 0.6 is 0 Å². The number of benzene rings is 2. The van der Waals surface area contributed by atoms with Gasteiger partial charge in [0.05, 0.1) is 7.11 Å². The number of carbonyl (C=O) groups is 1. The Bertz CT molecular complexity index is 865. The summed E-state index contributed by atoms with van der Waals surface area (Å²) >= 11 is 0. The molecule has 0 saturated carbocycles. The number of hydrogen-bond acceptors (Lipinski definition) is 5. The van der Waals surface area contributed by atoms with Crippen molar-refractivity contribution in [1.29, 1.82) is 0 Å². The second kappa shape index (κ2) is 7.35. The zero-order valence-corrected chi connectivity index (χ0v) is 13.6. The molecule has 3 aromatic rings. The lowest BCUT2D eigenvalue weighted by atomic mass is 10.2. The van der Waals surface area contributed by atoms with Crippen molar-refractivity contribution in [2.24, 2.45) is 0 Å². The number of aromatic nitrogens is 1. The number of rotatable bonds is 5. The molecule has 0 aliphatic carbocycles. The lowest BCUT2D eigenvalue weighted by molar-refractivity contribution is 0.101. The predicted molar refractivity (Wildman–Crippen MR) is 96.6 cm³/mol. The van der Waals surface area contributed by atoms with E-state index in [4.69, 9.17) is 4.74 Å². The highest BCUT2D eigenvalue weighted by molar-refractivity contribution is 6.05. The number of aromatic hydroxyl groups is 1. The van der Waals surface area contributed by atoms with Crippen LogP contribution in [0, 0.1) is 0 Å². The molecule has 0 fully saturated rings. The lowest BCUT2D eigenvalue weighted by Crippen LogP contribution is -2.14. The molecule has 0 aliphatic rings. The number of amides is 1. The summed E-state index contributed by atoms with van der Waals surface area (Å²) in [6.07, 6.45) is 1.40. The molecule has 0 spiro atoms. The minimum atomic E-state index is -0.514. The third-order valence-electron chi connectivity index (χ3n) is 3.53. The Morgan fingerprint density at radius 2 is 1.60 bits per heavy atom. The summed E-state index contributed by atoms with van der Waals surface area (Å²) in [5, 5.41) is 15.9. The Balaban J connectivity index is 1.70. The number of hydrogen-bond donors (Lipinski definition) is 3. The first kappa shape index (κ1) is 16.3. The largest absolute Gasteiger partial charge is 0.503 e. The van der Waals surface area contributed by atoms with Crippen molar-refractivity contribution >= 4 is 23.0 Å². The van der Waals surface area contributed by atoms with Gasteiger partial charge in [0.25, 0.3) is 5.91 Å². The lowest BCUT2D eigenvalue weighted by Gasteiger charge is -2.10. The highest BCUT2D eigenvalue weighted by atomic mass is 16.5. The molecule has 126 valence electrons. The fourth-order valence-corrected chi connectivity index (χ4v) is 2.28. The third-order valence-corrected chi connectivity index (χ3v) is 3.53. The highest BCUT2D eigenvalue weighted by Crippen LogP contribution is 2.28. The third kappa shape index (κ3) is 3.87. The summed E-state index contributed by atoms with van der Waals surface area (Å²) in [5.74, 6) is -0.604. The van der Waals surface area contributed by atoms with Crippen LogP contribution in [0.25, 0.3) is 0 Å². The quantitative estimate of drug-likeness (QED) is 0.661. The van der Waals surface area contributed by atoms with Crippen molar-refractivity contribution in [1.82, 2.24) is 4.98 Å². The van der Waals surface area contributed by atoms with Gasteiger partial charge in [0.2, 0.25) is 0 Å². The molecule has 1 amide bonds. The molecule has 0 aliphatic heterocycles. The molecule has 0 radical (unpaired) electrons. The fourth-order valence-electron chi connectivity index (χ4n) is 2.28. The van der Waals surface area contributed by atoms with Crippen LogP contribution < -0.4 is 15.4 Å². The molecule has 6 heteroatoms. The maximum Gasteiger partial charge on any atom is 0.278 e. The zero-order valence-electron chi connectivity index (χ0n) is 13.6. The molecular formula is C19H17N3O3. The normalized spacial score (nSPS) is 10.1. The van der Waals surface area contributed by atoms with Crippen molar-refractivity contribution in [2.75, 3.05) is 17.7 Å². The van der Waals surface area contributed by atoms with Crippen LogP contribution in [0.2, 0.25) is 0 Å². The average molecular weight is 335 g/mol. The first-order valence-electron chi connectivity index (χ1n) is 7.63. The van der Waals surface area contributed by atoms with Crippen molar-refractivity contribution in [3.8, 4) is 11.5 Å². The van der Waals surface area contributed by atoms with E-state index in [0.29, 0.717) is 5.69 Å². The summed E-state index contributed by atoms with van der Waals surface area (Å²) in [6, 6.07) is 18.5. The first-order chi connectivity index (χ1) is 12.2. The van der Waals surface area contributed by atoms with Crippen molar-refractivity contribution in [3.63, 3.8) is 0 Å². The van der Waals surface area contributed by atoms with E-state index in [1.54, 1.807) is 12.1 Å². The zero-order chi connectivity index (χ0) is 17.6. The van der Waals surface area contributed by atoms with Gasteiger partial charge in [0, 0.05) is 29.3 Å². The Morgan fingerprint density at radius 1 is 0.960 bits per heavy atom. The van der Waals surface area contributed by atoms with E-state index in [1.165, 1.54) is 19.4 Å². The van der Waals surface area contributed by atoms with Gasteiger partial charge < -0.3 is 20.5 Å². The van der Waals surface area contributed by atoms with Crippen LogP contribution in [0.3, 0.4) is 0 Å². The monoisotopic (exact) mass is 335 g/mol. The molecule has 0 unspecified atom stereocenters. The molecule has 6 nitrogen and oxygen atoms in total. The number of carbonyl (C=O) groups excluding carboxylic acids is 1. The minimum Gasteiger partial charge on any atom is -0.503 e. The molecular weight excluding hydrogens is 318 g/mol. The number of nitrogens with zero attached hydrogens (tertiary/aromatic N) is 1. The van der Waals surface area contributed by atoms with Crippen LogP contribution in [0.1, 0.15) is 10.5 Å². The SMILES string of the molecule is COc1ccnc(C(=O)Nc2ccc(Nc3ccccc3)cc2)c1O. The smallest absolute Gasteiger partial charge is 0.278 e. The van der Waals surface area contributed by atoms with E-state index in [0.717, 1.165) is 11.4 Å². The predicted octanol–water partition coefficient (Wildman–Crippen LogP) is 3.79. The van der Waals surface area contributed by atoms with Gasteiger partial charge in [-0.1, -0.05) is 18.2 Å². The Morgan fingerprint density at radius 3 is 2.28 bits per heavy atom. The maximum absolute atomic E-state index is 12.3. The summed E-state index contributed by atoms with van der Waals surface area (Å²) in [7, 11) is 1.41. The number of anilines is 3. The van der Waals surface area contributed by atoms with Crippen LogP contribution in [-0.2, 0) is 0 Å². The van der Waals surface area contributed by atoms with Gasteiger partial charge in [-0.25, -0.2) is 4.98 Å². The summed E-state index contributed by atoms with van der Waals surface area (Å²) in [4.78, 5) is 16.2. The van der Waals surface area contributed by atoms with Crippen LogP contribution in [0.4, 0.5) is 17.1 Å². The molecule has 25 heavy (non-hydrogen) atoms. The van der Waals surface area contributed by atoms with Gasteiger partial charge in [-0.2, -0.15) is 0 Å². The molecule has 3 rings (SSSR count). The fraction of sp³-hybridized carbons (Fsp3) is 0.0526. The summed E-state index contributed by atoms with van der Waals surface area (Å²) in [6.45, 7) is 0. The highest BCUT2D eigenvalue weighted by Gasteiger charge is 2.16. The Kier molecular flexibility index (Phi) is 4.80. The van der Waals surface area contributed by atoms with Gasteiger partial charge in [0.15, 0.2) is 17.2 Å².